The van der Waals surface area contributed by atoms with Crippen molar-refractivity contribution in [3.05, 3.63) is 27.8 Å². The zero-order valence-corrected chi connectivity index (χ0v) is 9.85. The van der Waals surface area contributed by atoms with Crippen LogP contribution in [-0.2, 0) is 0 Å². The second-order valence-electron chi connectivity index (χ2n) is 3.39. The maximum Gasteiger partial charge on any atom is 0.125 e. The molecule has 1 unspecified atom stereocenters. The van der Waals surface area contributed by atoms with E-state index in [1.54, 1.807) is 7.11 Å². The molecule has 0 amide bonds. The molecule has 5 N–H and O–H groups in total. The topological polar surface area (TPSA) is 73.3 Å². The van der Waals surface area contributed by atoms with Crippen LogP contribution in [0.25, 0.3) is 0 Å². The number of hydrogen-bond acceptors (Lipinski definition) is 4. The van der Waals surface area contributed by atoms with Crippen LogP contribution in [-0.4, -0.2) is 7.11 Å². The minimum Gasteiger partial charge on any atom is -0.496 e. The number of halogens is 1. The molecule has 0 aliphatic heterocycles. The standard InChI is InChI=1S/C10H16ClN3O/c1-5-4-7(15-3)8(10(12)14-13)6(2)9(5)11/h4,10,14H,12-13H2,1-3H3. The molecule has 15 heavy (non-hydrogen) atoms. The van der Waals surface area contributed by atoms with Crippen molar-refractivity contribution in [1.82, 2.24) is 5.43 Å². The SMILES string of the molecule is COc1cc(C)c(Cl)c(C)c1C(N)NN. The maximum absolute atomic E-state index is 6.13. The summed E-state index contributed by atoms with van der Waals surface area (Å²) in [6.07, 6.45) is -0.488. The Labute approximate surface area is 94.5 Å². The molecule has 0 fully saturated rings. The minimum atomic E-state index is -0.488. The predicted molar refractivity (Wildman–Crippen MR) is 61.7 cm³/mol. The van der Waals surface area contributed by atoms with E-state index < -0.39 is 6.17 Å². The number of nitrogens with one attached hydrogen (secondary N) is 1. The summed E-state index contributed by atoms with van der Waals surface area (Å²) in [7, 11) is 1.59. The number of nitrogens with two attached hydrogens (primary N) is 2. The fraction of sp³-hybridized carbons (Fsp3) is 0.400. The van der Waals surface area contributed by atoms with Gasteiger partial charge in [-0.05, 0) is 31.0 Å². The van der Waals surface area contributed by atoms with E-state index in [4.69, 9.17) is 27.9 Å². The zero-order chi connectivity index (χ0) is 11.6. The van der Waals surface area contributed by atoms with Crippen LogP contribution >= 0.6 is 11.6 Å². The molecule has 1 atom stereocenters. The third-order valence-corrected chi connectivity index (χ3v) is 2.98. The van der Waals surface area contributed by atoms with Crippen molar-refractivity contribution >= 4 is 11.6 Å². The average molecular weight is 230 g/mol. The van der Waals surface area contributed by atoms with E-state index in [0.717, 1.165) is 16.7 Å². The van der Waals surface area contributed by atoms with Crippen molar-refractivity contribution in [2.75, 3.05) is 7.11 Å². The number of ether oxygens (including phenoxy) is 1. The van der Waals surface area contributed by atoms with Gasteiger partial charge in [-0.2, -0.15) is 0 Å². The Bertz CT molecular complexity index is 368. The highest BCUT2D eigenvalue weighted by Gasteiger charge is 2.17. The summed E-state index contributed by atoms with van der Waals surface area (Å²) < 4.78 is 5.25. The Morgan fingerprint density at radius 3 is 2.53 bits per heavy atom. The van der Waals surface area contributed by atoms with Crippen LogP contribution in [0.4, 0.5) is 0 Å². The molecule has 5 heteroatoms. The van der Waals surface area contributed by atoms with E-state index in [1.165, 1.54) is 0 Å². The van der Waals surface area contributed by atoms with E-state index >= 15 is 0 Å². The molecule has 1 aromatic carbocycles. The van der Waals surface area contributed by atoms with Crippen molar-refractivity contribution in [2.24, 2.45) is 11.6 Å². The number of methoxy groups -OCH3 is 1. The van der Waals surface area contributed by atoms with Crippen LogP contribution in [0.1, 0.15) is 22.9 Å². The van der Waals surface area contributed by atoms with Gasteiger partial charge in [0.05, 0.1) is 13.3 Å². The minimum absolute atomic E-state index is 0.488. The van der Waals surface area contributed by atoms with E-state index in [0.29, 0.717) is 10.8 Å². The second-order valence-corrected chi connectivity index (χ2v) is 3.77. The summed E-state index contributed by atoms with van der Waals surface area (Å²) in [5, 5.41) is 0.691. The summed E-state index contributed by atoms with van der Waals surface area (Å²) in [4.78, 5) is 0. The fourth-order valence-corrected chi connectivity index (χ4v) is 1.73. The van der Waals surface area contributed by atoms with Crippen molar-refractivity contribution in [3.63, 3.8) is 0 Å². The third kappa shape index (κ3) is 2.23. The Hall–Kier alpha value is -0.810. The van der Waals surface area contributed by atoms with Gasteiger partial charge in [-0.1, -0.05) is 11.6 Å². The molecule has 1 aromatic rings. The number of rotatable bonds is 3. The first-order valence-corrected chi connectivity index (χ1v) is 4.96. The Balaban J connectivity index is 3.40. The van der Waals surface area contributed by atoms with Crippen LogP contribution in [0.2, 0.25) is 5.02 Å². The number of benzene rings is 1. The third-order valence-electron chi connectivity index (χ3n) is 2.40. The Morgan fingerprint density at radius 2 is 2.07 bits per heavy atom. The molecule has 0 saturated carbocycles. The quantitative estimate of drug-likeness (QED) is 0.416. The van der Waals surface area contributed by atoms with Gasteiger partial charge in [0.2, 0.25) is 0 Å². The molecular formula is C10H16ClN3O. The summed E-state index contributed by atoms with van der Waals surface area (Å²) in [6, 6.07) is 1.85. The van der Waals surface area contributed by atoms with Gasteiger partial charge in [-0.3, -0.25) is 5.84 Å². The molecule has 84 valence electrons. The molecule has 1 rings (SSSR count). The van der Waals surface area contributed by atoms with Gasteiger partial charge in [0, 0.05) is 10.6 Å². The van der Waals surface area contributed by atoms with Gasteiger partial charge >= 0.3 is 0 Å². The normalized spacial score (nSPS) is 12.7. The lowest BCUT2D eigenvalue weighted by Crippen LogP contribution is -2.35. The maximum atomic E-state index is 6.13. The van der Waals surface area contributed by atoms with Gasteiger partial charge < -0.3 is 10.5 Å². The molecule has 0 spiro atoms. The first-order valence-electron chi connectivity index (χ1n) is 4.58. The lowest BCUT2D eigenvalue weighted by atomic mass is 10.0. The second kappa shape index (κ2) is 4.81. The van der Waals surface area contributed by atoms with Crippen molar-refractivity contribution in [3.8, 4) is 5.75 Å². The summed E-state index contributed by atoms with van der Waals surface area (Å²) in [5.74, 6) is 6.01. The van der Waals surface area contributed by atoms with Crippen LogP contribution in [0, 0.1) is 13.8 Å². The van der Waals surface area contributed by atoms with Crippen LogP contribution in [0.15, 0.2) is 6.07 Å². The number of hydrazine groups is 1. The van der Waals surface area contributed by atoms with Crippen LogP contribution < -0.4 is 21.7 Å². The van der Waals surface area contributed by atoms with Crippen LogP contribution in [0.3, 0.4) is 0 Å². The monoisotopic (exact) mass is 229 g/mol. The van der Waals surface area contributed by atoms with Gasteiger partial charge in [0.25, 0.3) is 0 Å². The highest BCUT2D eigenvalue weighted by molar-refractivity contribution is 6.32. The lowest BCUT2D eigenvalue weighted by molar-refractivity contribution is 0.399. The van der Waals surface area contributed by atoms with E-state index in [9.17, 15) is 0 Å². The Kier molecular flexibility index (Phi) is 3.93. The smallest absolute Gasteiger partial charge is 0.125 e. The molecule has 0 saturated heterocycles. The summed E-state index contributed by atoms with van der Waals surface area (Å²) in [6.45, 7) is 3.81. The molecule has 4 nitrogen and oxygen atoms in total. The van der Waals surface area contributed by atoms with Crippen molar-refractivity contribution in [2.45, 2.75) is 20.0 Å². The van der Waals surface area contributed by atoms with Gasteiger partial charge in [0.15, 0.2) is 0 Å². The first kappa shape index (κ1) is 12.3. The van der Waals surface area contributed by atoms with Gasteiger partial charge in [0.1, 0.15) is 5.75 Å². The summed E-state index contributed by atoms with van der Waals surface area (Å²) in [5.41, 5.74) is 10.9. The van der Waals surface area contributed by atoms with Crippen molar-refractivity contribution in [1.29, 1.82) is 0 Å². The van der Waals surface area contributed by atoms with E-state index in [2.05, 4.69) is 5.43 Å². The molecule has 0 heterocycles. The molecular weight excluding hydrogens is 214 g/mol. The fourth-order valence-electron chi connectivity index (χ4n) is 1.58. The summed E-state index contributed by atoms with van der Waals surface area (Å²) >= 11 is 6.13. The Morgan fingerprint density at radius 1 is 1.47 bits per heavy atom. The molecule has 0 aliphatic carbocycles. The highest BCUT2D eigenvalue weighted by Crippen LogP contribution is 2.33. The molecule has 0 radical (unpaired) electrons. The number of aryl methyl sites for hydroxylation is 1. The zero-order valence-electron chi connectivity index (χ0n) is 9.10. The van der Waals surface area contributed by atoms with Crippen LogP contribution in [0.5, 0.6) is 5.75 Å². The average Bonchev–Trinajstić information content (AvgIpc) is 2.24. The highest BCUT2D eigenvalue weighted by atomic mass is 35.5. The van der Waals surface area contributed by atoms with Gasteiger partial charge in [-0.15, -0.1) is 0 Å². The van der Waals surface area contributed by atoms with E-state index in [1.807, 2.05) is 19.9 Å². The lowest BCUT2D eigenvalue weighted by Gasteiger charge is -2.19. The molecule has 0 aliphatic rings. The first-order chi connectivity index (χ1) is 7.02. The van der Waals surface area contributed by atoms with E-state index in [-0.39, 0.29) is 0 Å². The molecule has 0 aromatic heterocycles. The van der Waals surface area contributed by atoms with Crippen molar-refractivity contribution < 1.29 is 4.74 Å². The number of hydrogen-bond donors (Lipinski definition) is 3. The predicted octanol–water partition coefficient (Wildman–Crippen LogP) is 1.39. The largest absolute Gasteiger partial charge is 0.496 e. The molecule has 0 bridgehead atoms. The van der Waals surface area contributed by atoms with Gasteiger partial charge in [-0.25, -0.2) is 5.43 Å².